The third-order valence-corrected chi connectivity index (χ3v) is 3.85. The van der Waals surface area contributed by atoms with E-state index in [0.717, 1.165) is 31.4 Å². The van der Waals surface area contributed by atoms with Crippen LogP contribution < -0.4 is 5.32 Å². The third kappa shape index (κ3) is 4.95. The summed E-state index contributed by atoms with van der Waals surface area (Å²) in [7, 11) is 0. The number of rotatable bonds is 6. The molecule has 0 radical (unpaired) electrons. The molecular weight excluding hydrogens is 306 g/mol. The summed E-state index contributed by atoms with van der Waals surface area (Å²) in [5, 5.41) is 21.6. The van der Waals surface area contributed by atoms with Gasteiger partial charge in [0.25, 0.3) is 0 Å². The van der Waals surface area contributed by atoms with Gasteiger partial charge in [0.05, 0.1) is 19.1 Å². The normalized spacial score (nSPS) is 19.3. The Morgan fingerprint density at radius 3 is 2.45 bits per heavy atom. The fraction of sp³-hybridized carbons (Fsp3) is 0.562. The maximum Gasteiger partial charge on any atom is 0.315 e. The molecule has 0 aliphatic carbocycles. The first-order valence-electron chi connectivity index (χ1n) is 7.46. The summed E-state index contributed by atoms with van der Waals surface area (Å²) >= 11 is 0. The highest BCUT2D eigenvalue weighted by Crippen LogP contribution is 2.27. The van der Waals surface area contributed by atoms with Crippen LogP contribution in [0.15, 0.2) is 30.3 Å². The molecule has 0 bridgehead atoms. The van der Waals surface area contributed by atoms with E-state index in [2.05, 4.69) is 5.32 Å². The Bertz CT molecular complexity index is 433. The molecule has 5 nitrogen and oxygen atoms in total. The van der Waals surface area contributed by atoms with Gasteiger partial charge in [-0.3, -0.25) is 4.79 Å². The van der Waals surface area contributed by atoms with Gasteiger partial charge in [0.2, 0.25) is 0 Å². The summed E-state index contributed by atoms with van der Waals surface area (Å²) in [5.74, 6) is -0.805. The van der Waals surface area contributed by atoms with Gasteiger partial charge in [0, 0.05) is 6.04 Å². The monoisotopic (exact) mass is 329 g/mol. The quantitative estimate of drug-likeness (QED) is 0.684. The van der Waals surface area contributed by atoms with Crippen molar-refractivity contribution in [3.8, 4) is 0 Å². The zero-order valence-corrected chi connectivity index (χ0v) is 13.3. The van der Waals surface area contributed by atoms with E-state index < -0.39 is 18.0 Å². The minimum absolute atomic E-state index is 0. The van der Waals surface area contributed by atoms with Gasteiger partial charge in [-0.1, -0.05) is 36.8 Å². The predicted molar refractivity (Wildman–Crippen MR) is 86.1 cm³/mol. The minimum Gasteiger partial charge on any atom is -0.457 e. The number of carbonyl (C=O) groups is 1. The number of aliphatic hydroxyl groups is 2. The standard InChI is InChI=1S/C16H23NO4.ClH/c18-10-13(11-19)21-16(20)15(12-6-2-1-3-7-12)14-8-4-5-9-17-14;/h1-3,6-7,13-15,17-19H,4-5,8-11H2;1H. The van der Waals surface area contributed by atoms with E-state index in [1.165, 1.54) is 0 Å². The number of aliphatic hydroxyl groups excluding tert-OH is 2. The fourth-order valence-corrected chi connectivity index (χ4v) is 2.73. The van der Waals surface area contributed by atoms with Crippen LogP contribution in [-0.2, 0) is 9.53 Å². The van der Waals surface area contributed by atoms with E-state index in [1.807, 2.05) is 30.3 Å². The summed E-state index contributed by atoms with van der Waals surface area (Å²) in [6.07, 6.45) is 2.26. The maximum atomic E-state index is 12.5. The topological polar surface area (TPSA) is 78.8 Å². The first kappa shape index (κ1) is 18.9. The maximum absolute atomic E-state index is 12.5. The summed E-state index contributed by atoms with van der Waals surface area (Å²) in [6, 6.07) is 9.56. The Morgan fingerprint density at radius 1 is 1.23 bits per heavy atom. The number of hydrogen-bond acceptors (Lipinski definition) is 5. The van der Waals surface area contributed by atoms with Gasteiger partial charge in [0.15, 0.2) is 0 Å². The number of hydrogen-bond donors (Lipinski definition) is 3. The van der Waals surface area contributed by atoms with Crippen LogP contribution in [0.3, 0.4) is 0 Å². The Morgan fingerprint density at radius 2 is 1.91 bits per heavy atom. The Kier molecular flexibility index (Phi) is 8.42. The zero-order chi connectivity index (χ0) is 15.1. The van der Waals surface area contributed by atoms with Gasteiger partial charge >= 0.3 is 5.97 Å². The van der Waals surface area contributed by atoms with E-state index in [0.29, 0.717) is 0 Å². The molecule has 3 N–H and O–H groups in total. The van der Waals surface area contributed by atoms with Gasteiger partial charge in [-0.15, -0.1) is 12.4 Å². The van der Waals surface area contributed by atoms with Crippen LogP contribution in [0.2, 0.25) is 0 Å². The lowest BCUT2D eigenvalue weighted by Crippen LogP contribution is -2.43. The third-order valence-electron chi connectivity index (χ3n) is 3.85. The van der Waals surface area contributed by atoms with E-state index in [9.17, 15) is 4.79 Å². The molecule has 0 spiro atoms. The molecule has 2 atom stereocenters. The van der Waals surface area contributed by atoms with Crippen molar-refractivity contribution < 1.29 is 19.7 Å². The molecule has 1 heterocycles. The molecule has 1 aliphatic heterocycles. The summed E-state index contributed by atoms with van der Waals surface area (Å²) in [4.78, 5) is 12.5. The van der Waals surface area contributed by atoms with Crippen LogP contribution in [0.4, 0.5) is 0 Å². The number of ether oxygens (including phenoxy) is 1. The van der Waals surface area contributed by atoms with Crippen molar-refractivity contribution in [3.63, 3.8) is 0 Å². The first-order chi connectivity index (χ1) is 10.3. The van der Waals surface area contributed by atoms with Gasteiger partial charge in [0.1, 0.15) is 6.10 Å². The van der Waals surface area contributed by atoms with Crippen LogP contribution in [0.1, 0.15) is 30.7 Å². The van der Waals surface area contributed by atoms with Crippen LogP contribution in [0.5, 0.6) is 0 Å². The van der Waals surface area contributed by atoms with Crippen LogP contribution in [-0.4, -0.2) is 48.1 Å². The molecule has 124 valence electrons. The zero-order valence-electron chi connectivity index (χ0n) is 12.5. The molecule has 0 amide bonds. The Balaban J connectivity index is 0.00000242. The fourth-order valence-electron chi connectivity index (χ4n) is 2.73. The molecule has 0 saturated carbocycles. The number of esters is 1. The highest BCUT2D eigenvalue weighted by molar-refractivity contribution is 5.85. The molecule has 2 unspecified atom stereocenters. The second-order valence-electron chi connectivity index (χ2n) is 5.37. The SMILES string of the molecule is Cl.O=C(OC(CO)CO)C(c1ccccc1)C1CCCCN1. The van der Waals surface area contributed by atoms with Crippen LogP contribution in [0, 0.1) is 0 Å². The number of halogens is 1. The average Bonchev–Trinajstić information content (AvgIpc) is 2.55. The Hall–Kier alpha value is -1.14. The van der Waals surface area contributed by atoms with E-state index >= 15 is 0 Å². The van der Waals surface area contributed by atoms with Crippen molar-refractivity contribution >= 4 is 18.4 Å². The average molecular weight is 330 g/mol. The second-order valence-corrected chi connectivity index (χ2v) is 5.37. The van der Waals surface area contributed by atoms with Gasteiger partial charge in [-0.25, -0.2) is 0 Å². The molecule has 1 aromatic rings. The summed E-state index contributed by atoms with van der Waals surface area (Å²) in [5.41, 5.74) is 0.900. The molecule has 2 rings (SSSR count). The van der Waals surface area contributed by atoms with Crippen LogP contribution in [0.25, 0.3) is 0 Å². The van der Waals surface area contributed by atoms with Crippen molar-refractivity contribution in [2.75, 3.05) is 19.8 Å². The van der Waals surface area contributed by atoms with Crippen molar-refractivity contribution in [3.05, 3.63) is 35.9 Å². The van der Waals surface area contributed by atoms with Crippen molar-refractivity contribution in [1.29, 1.82) is 0 Å². The first-order valence-corrected chi connectivity index (χ1v) is 7.46. The van der Waals surface area contributed by atoms with Crippen LogP contribution >= 0.6 is 12.4 Å². The smallest absolute Gasteiger partial charge is 0.315 e. The number of nitrogens with one attached hydrogen (secondary N) is 1. The largest absolute Gasteiger partial charge is 0.457 e. The van der Waals surface area contributed by atoms with Gasteiger partial charge < -0.3 is 20.3 Å². The molecular formula is C16H24ClNO4. The molecule has 1 saturated heterocycles. The molecule has 0 aromatic heterocycles. The highest BCUT2D eigenvalue weighted by Gasteiger charge is 2.33. The Labute approximate surface area is 137 Å². The number of carbonyl (C=O) groups excluding carboxylic acids is 1. The van der Waals surface area contributed by atoms with Crippen molar-refractivity contribution in [2.24, 2.45) is 0 Å². The summed E-state index contributed by atoms with van der Waals surface area (Å²) < 4.78 is 5.24. The van der Waals surface area contributed by atoms with E-state index in [1.54, 1.807) is 0 Å². The van der Waals surface area contributed by atoms with Crippen molar-refractivity contribution in [1.82, 2.24) is 5.32 Å². The number of benzene rings is 1. The molecule has 1 aliphatic rings. The minimum atomic E-state index is -0.854. The van der Waals surface area contributed by atoms with Gasteiger partial charge in [-0.2, -0.15) is 0 Å². The molecule has 1 fully saturated rings. The second kappa shape index (κ2) is 9.79. The lowest BCUT2D eigenvalue weighted by Gasteiger charge is -2.31. The number of piperidine rings is 1. The molecule has 1 aromatic carbocycles. The molecule has 22 heavy (non-hydrogen) atoms. The van der Waals surface area contributed by atoms with Crippen molar-refractivity contribution in [2.45, 2.75) is 37.3 Å². The predicted octanol–water partition coefficient (Wildman–Crippen LogP) is 1.23. The summed E-state index contributed by atoms with van der Waals surface area (Å²) in [6.45, 7) is 0.147. The van der Waals surface area contributed by atoms with E-state index in [4.69, 9.17) is 14.9 Å². The van der Waals surface area contributed by atoms with Gasteiger partial charge in [-0.05, 0) is 24.9 Å². The lowest BCUT2D eigenvalue weighted by molar-refractivity contribution is -0.156. The lowest BCUT2D eigenvalue weighted by atomic mass is 9.86. The molecule has 6 heteroatoms. The van der Waals surface area contributed by atoms with E-state index in [-0.39, 0.29) is 31.7 Å². The highest BCUT2D eigenvalue weighted by atomic mass is 35.5.